The Hall–Kier alpha value is -3.21. The third-order valence-corrected chi connectivity index (χ3v) is 3.46. The summed E-state index contributed by atoms with van der Waals surface area (Å²) in [6, 6.07) is 17.8. The molecule has 0 fully saturated rings. The van der Waals surface area contributed by atoms with E-state index >= 15 is 0 Å². The van der Waals surface area contributed by atoms with E-state index in [1.54, 1.807) is 6.20 Å². The number of hydrogen-bond donors (Lipinski definition) is 1. The molecule has 0 aliphatic rings. The van der Waals surface area contributed by atoms with E-state index in [0.29, 0.717) is 10.3 Å². The van der Waals surface area contributed by atoms with Crippen LogP contribution in [0.5, 0.6) is 0 Å². The molecular formula is C18H15N3O2. The van der Waals surface area contributed by atoms with Gasteiger partial charge >= 0.3 is 0 Å². The molecule has 2 heterocycles. The molecule has 0 bridgehead atoms. The molecule has 1 unspecified atom stereocenters. The lowest BCUT2D eigenvalue weighted by Gasteiger charge is -2.18. The van der Waals surface area contributed by atoms with Crippen molar-refractivity contribution in [3.63, 3.8) is 0 Å². The summed E-state index contributed by atoms with van der Waals surface area (Å²) in [5.41, 5.74) is 2.12. The maximum Gasteiger partial charge on any atom is 0.252 e. The van der Waals surface area contributed by atoms with Crippen molar-refractivity contribution in [2.24, 2.45) is 0 Å². The van der Waals surface area contributed by atoms with Crippen molar-refractivity contribution in [1.82, 2.24) is 10.3 Å². The molecule has 1 N–H and O–H groups in total. The van der Waals surface area contributed by atoms with E-state index in [2.05, 4.69) is 10.3 Å². The number of amides is 1. The predicted octanol–water partition coefficient (Wildman–Crippen LogP) is 2.23. The van der Waals surface area contributed by atoms with Crippen molar-refractivity contribution >= 4 is 5.91 Å². The van der Waals surface area contributed by atoms with Gasteiger partial charge in [-0.25, -0.2) is 0 Å². The van der Waals surface area contributed by atoms with Crippen molar-refractivity contribution in [2.45, 2.75) is 6.04 Å². The van der Waals surface area contributed by atoms with Crippen LogP contribution in [0.4, 0.5) is 0 Å². The Kier molecular flexibility index (Phi) is 4.29. The van der Waals surface area contributed by atoms with Gasteiger partial charge in [-0.05, 0) is 17.7 Å². The summed E-state index contributed by atoms with van der Waals surface area (Å²) < 4.78 is 0.643. The number of carbonyl (C=O) groups is 1. The average Bonchev–Trinajstić information content (AvgIpc) is 2.61. The molecule has 1 atom stereocenters. The van der Waals surface area contributed by atoms with Crippen LogP contribution in [0, 0.1) is 5.21 Å². The standard InChI is InChI=1S/C18H15N3O2/c22-18(15-9-12-21(23)13-10-15)20-17(14-6-2-1-3-7-14)16-8-4-5-11-19-16/h1-13,17H,(H,20,22). The first kappa shape index (κ1) is 14.7. The lowest BCUT2D eigenvalue weighted by molar-refractivity contribution is -0.605. The van der Waals surface area contributed by atoms with Crippen LogP contribution in [0.3, 0.4) is 0 Å². The van der Waals surface area contributed by atoms with Gasteiger partial charge in [0, 0.05) is 18.3 Å². The molecule has 0 radical (unpaired) electrons. The molecular weight excluding hydrogens is 290 g/mol. The second-order valence-corrected chi connectivity index (χ2v) is 5.02. The highest BCUT2D eigenvalue weighted by atomic mass is 16.5. The number of rotatable bonds is 4. The highest BCUT2D eigenvalue weighted by Gasteiger charge is 2.19. The Morgan fingerprint density at radius 1 is 1.00 bits per heavy atom. The Bertz CT molecular complexity index is 735. The largest absolute Gasteiger partial charge is 0.619 e. The van der Waals surface area contributed by atoms with Gasteiger partial charge in [0.25, 0.3) is 5.91 Å². The molecule has 0 spiro atoms. The topological polar surface area (TPSA) is 68.9 Å². The van der Waals surface area contributed by atoms with Gasteiger partial charge in [-0.3, -0.25) is 9.78 Å². The molecule has 23 heavy (non-hydrogen) atoms. The number of nitrogens with zero attached hydrogens (tertiary/aromatic N) is 2. The summed E-state index contributed by atoms with van der Waals surface area (Å²) in [5, 5.41) is 14.1. The quantitative estimate of drug-likeness (QED) is 0.593. The minimum atomic E-state index is -0.357. The fourth-order valence-electron chi connectivity index (χ4n) is 2.30. The number of carbonyl (C=O) groups excluding carboxylic acids is 1. The molecule has 0 saturated heterocycles. The zero-order valence-electron chi connectivity index (χ0n) is 12.3. The van der Waals surface area contributed by atoms with E-state index in [-0.39, 0.29) is 11.9 Å². The second-order valence-electron chi connectivity index (χ2n) is 5.02. The monoisotopic (exact) mass is 305 g/mol. The van der Waals surface area contributed by atoms with Crippen LogP contribution < -0.4 is 10.0 Å². The van der Waals surface area contributed by atoms with Crippen LogP contribution in [0.2, 0.25) is 0 Å². The molecule has 5 nitrogen and oxygen atoms in total. The molecule has 2 aromatic heterocycles. The zero-order valence-corrected chi connectivity index (χ0v) is 12.3. The highest BCUT2D eigenvalue weighted by Crippen LogP contribution is 2.20. The van der Waals surface area contributed by atoms with Crippen LogP contribution in [-0.2, 0) is 0 Å². The minimum absolute atomic E-state index is 0.259. The van der Waals surface area contributed by atoms with Crippen molar-refractivity contribution in [3.8, 4) is 0 Å². The number of nitrogens with one attached hydrogen (secondary N) is 1. The summed E-state index contributed by atoms with van der Waals surface area (Å²) in [6.07, 6.45) is 4.29. The van der Waals surface area contributed by atoms with Gasteiger partial charge < -0.3 is 10.5 Å². The molecule has 3 rings (SSSR count). The second kappa shape index (κ2) is 6.70. The highest BCUT2D eigenvalue weighted by molar-refractivity contribution is 5.94. The Morgan fingerprint density at radius 3 is 2.35 bits per heavy atom. The van der Waals surface area contributed by atoms with E-state index < -0.39 is 0 Å². The number of benzene rings is 1. The van der Waals surface area contributed by atoms with Crippen molar-refractivity contribution in [1.29, 1.82) is 0 Å². The van der Waals surface area contributed by atoms with Crippen LogP contribution in [0.25, 0.3) is 0 Å². The number of hydrogen-bond acceptors (Lipinski definition) is 3. The molecule has 5 heteroatoms. The van der Waals surface area contributed by atoms with Gasteiger partial charge in [0.15, 0.2) is 12.4 Å². The maximum absolute atomic E-state index is 12.5. The van der Waals surface area contributed by atoms with Gasteiger partial charge in [0.2, 0.25) is 0 Å². The van der Waals surface area contributed by atoms with Gasteiger partial charge in [-0.2, -0.15) is 4.73 Å². The summed E-state index contributed by atoms with van der Waals surface area (Å²) in [7, 11) is 0. The van der Waals surface area contributed by atoms with E-state index in [0.717, 1.165) is 11.3 Å². The molecule has 3 aromatic rings. The Balaban J connectivity index is 1.90. The normalized spacial score (nSPS) is 11.7. The summed E-state index contributed by atoms with van der Waals surface area (Å²) >= 11 is 0. The van der Waals surface area contributed by atoms with Gasteiger partial charge in [-0.1, -0.05) is 36.4 Å². The third-order valence-electron chi connectivity index (χ3n) is 3.46. The molecule has 1 aromatic carbocycles. The first-order valence-corrected chi connectivity index (χ1v) is 7.19. The van der Waals surface area contributed by atoms with Crippen LogP contribution in [-0.4, -0.2) is 10.9 Å². The predicted molar refractivity (Wildman–Crippen MR) is 85.4 cm³/mol. The molecule has 1 amide bonds. The number of aromatic nitrogens is 2. The maximum atomic E-state index is 12.5. The van der Waals surface area contributed by atoms with Crippen molar-refractivity contribution in [3.05, 3.63) is 101 Å². The zero-order chi connectivity index (χ0) is 16.1. The van der Waals surface area contributed by atoms with E-state index in [9.17, 15) is 10.0 Å². The smallest absolute Gasteiger partial charge is 0.252 e. The first-order chi connectivity index (χ1) is 11.2. The SMILES string of the molecule is O=C(NC(c1ccccc1)c1ccccn1)c1cc[n+]([O-])cc1. The van der Waals surface area contributed by atoms with E-state index in [1.807, 2.05) is 48.5 Å². The van der Waals surface area contributed by atoms with Crippen molar-refractivity contribution in [2.75, 3.05) is 0 Å². The lowest BCUT2D eigenvalue weighted by Crippen LogP contribution is -2.31. The first-order valence-electron chi connectivity index (χ1n) is 7.19. The number of pyridine rings is 2. The summed E-state index contributed by atoms with van der Waals surface area (Å²) in [5.74, 6) is -0.259. The molecule has 0 saturated carbocycles. The van der Waals surface area contributed by atoms with Crippen LogP contribution >= 0.6 is 0 Å². The van der Waals surface area contributed by atoms with Crippen molar-refractivity contribution < 1.29 is 9.52 Å². The van der Waals surface area contributed by atoms with E-state index in [4.69, 9.17) is 0 Å². The average molecular weight is 305 g/mol. The molecule has 0 aliphatic heterocycles. The lowest BCUT2D eigenvalue weighted by atomic mass is 10.0. The van der Waals surface area contributed by atoms with Gasteiger partial charge in [0.05, 0.1) is 17.3 Å². The fraction of sp³-hybridized carbons (Fsp3) is 0.0556. The van der Waals surface area contributed by atoms with Crippen LogP contribution in [0.15, 0.2) is 79.3 Å². The van der Waals surface area contributed by atoms with Gasteiger partial charge in [-0.15, -0.1) is 0 Å². The van der Waals surface area contributed by atoms with E-state index in [1.165, 1.54) is 24.5 Å². The van der Waals surface area contributed by atoms with Gasteiger partial charge in [0.1, 0.15) is 0 Å². The Labute approximate surface area is 133 Å². The van der Waals surface area contributed by atoms with Crippen LogP contribution in [0.1, 0.15) is 27.7 Å². The summed E-state index contributed by atoms with van der Waals surface area (Å²) in [4.78, 5) is 16.8. The molecule has 114 valence electrons. The third kappa shape index (κ3) is 3.52. The fourth-order valence-corrected chi connectivity index (χ4v) is 2.30. The molecule has 0 aliphatic carbocycles. The Morgan fingerprint density at radius 2 is 1.70 bits per heavy atom. The minimum Gasteiger partial charge on any atom is -0.619 e. The summed E-state index contributed by atoms with van der Waals surface area (Å²) in [6.45, 7) is 0.